The number of nitrogens with one attached hydrogen (secondary N) is 1. The van der Waals surface area contributed by atoms with Crippen LogP contribution in [0.5, 0.6) is 0 Å². The fourth-order valence-corrected chi connectivity index (χ4v) is 8.61. The second-order valence-electron chi connectivity index (χ2n) is 14.9. The van der Waals surface area contributed by atoms with Crippen molar-refractivity contribution in [3.63, 3.8) is 0 Å². The van der Waals surface area contributed by atoms with Crippen molar-refractivity contribution >= 4 is 29.5 Å². The minimum atomic E-state index is -0.464. The number of benzene rings is 3. The summed E-state index contributed by atoms with van der Waals surface area (Å²) in [6, 6.07) is 24.1. The van der Waals surface area contributed by atoms with Gasteiger partial charge in [0, 0.05) is 55.1 Å². The van der Waals surface area contributed by atoms with E-state index in [2.05, 4.69) is 34.5 Å². The van der Waals surface area contributed by atoms with Gasteiger partial charge >= 0.3 is 6.09 Å². The first-order valence-electron chi connectivity index (χ1n) is 18.5. The monoisotopic (exact) mass is 696 g/mol. The predicted molar refractivity (Wildman–Crippen MR) is 196 cm³/mol. The van der Waals surface area contributed by atoms with Gasteiger partial charge in [-0.2, -0.15) is 0 Å². The summed E-state index contributed by atoms with van der Waals surface area (Å²) in [7, 11) is 0. The van der Waals surface area contributed by atoms with Gasteiger partial charge in [0.2, 0.25) is 11.8 Å². The number of carbonyl (C=O) groups excluding carboxylic acids is 3. The van der Waals surface area contributed by atoms with E-state index >= 15 is 0 Å². The third-order valence-electron chi connectivity index (χ3n) is 11.1. The number of hydrogen-bond acceptors (Lipinski definition) is 5. The van der Waals surface area contributed by atoms with Gasteiger partial charge in [0.1, 0.15) is 6.61 Å². The normalized spacial score (nSPS) is 20.0. The lowest BCUT2D eigenvalue weighted by molar-refractivity contribution is -0.141. The molecule has 9 heteroatoms. The van der Waals surface area contributed by atoms with Gasteiger partial charge in [0.05, 0.1) is 12.1 Å². The minimum Gasteiger partial charge on any atom is -0.448 e. The first-order chi connectivity index (χ1) is 24.3. The van der Waals surface area contributed by atoms with Crippen molar-refractivity contribution in [2.45, 2.75) is 88.9 Å². The van der Waals surface area contributed by atoms with Crippen LogP contribution in [0.3, 0.4) is 0 Å². The number of halogens is 1. The van der Waals surface area contributed by atoms with Crippen LogP contribution in [0.2, 0.25) is 5.02 Å². The summed E-state index contributed by atoms with van der Waals surface area (Å²) >= 11 is 6.18. The lowest BCUT2D eigenvalue weighted by atomic mass is 9.92. The summed E-state index contributed by atoms with van der Waals surface area (Å²) in [6.45, 7) is 6.38. The molecule has 2 aliphatic heterocycles. The fourth-order valence-electron chi connectivity index (χ4n) is 8.48. The van der Waals surface area contributed by atoms with Crippen LogP contribution in [-0.2, 0) is 20.7 Å². The third-order valence-corrected chi connectivity index (χ3v) is 11.4. The Balaban J connectivity index is 0.979. The Morgan fingerprint density at radius 1 is 0.820 bits per heavy atom. The molecule has 3 amide bonds. The maximum absolute atomic E-state index is 14.2. The van der Waals surface area contributed by atoms with E-state index in [1.165, 1.54) is 28.7 Å². The molecule has 0 bridgehead atoms. The number of carbonyl (C=O) groups is 3. The Morgan fingerprint density at radius 3 is 2.10 bits per heavy atom. The standard InChI is InChI=1S/C41H49ClN4O4/c1-27(2)39(47)46(31-10-4-3-5-11-31)32-20-21-44(25-32)40(48)38(22-28-16-18-29(42)19-17-28)43-30-23-45(24-30)41(49)50-26-37-35-14-8-6-12-33(35)34-13-7-9-15-36(34)37/h6-9,12-19,27,30-32,37-38,43H,3-5,10-11,20-26H2,1-2H3/t32-,38+/m0/s1. The van der Waals surface area contributed by atoms with Crippen molar-refractivity contribution in [2.24, 2.45) is 5.92 Å². The maximum atomic E-state index is 14.2. The molecule has 0 radical (unpaired) electrons. The molecule has 1 N–H and O–H groups in total. The predicted octanol–water partition coefficient (Wildman–Crippen LogP) is 6.89. The van der Waals surface area contributed by atoms with E-state index in [1.54, 1.807) is 4.90 Å². The molecular weight excluding hydrogens is 648 g/mol. The highest BCUT2D eigenvalue weighted by Crippen LogP contribution is 2.44. The number of amides is 3. The van der Waals surface area contributed by atoms with Crippen LogP contribution < -0.4 is 5.32 Å². The highest BCUT2D eigenvalue weighted by atomic mass is 35.5. The second-order valence-corrected chi connectivity index (χ2v) is 15.3. The molecule has 264 valence electrons. The van der Waals surface area contributed by atoms with E-state index in [0.29, 0.717) is 37.6 Å². The SMILES string of the molecule is CC(C)C(=O)N(C1CCCCC1)[C@H]1CCN(C(=O)[C@@H](Cc2ccc(Cl)cc2)NC2CN(C(=O)OCC3c4ccccc4-c4ccccc43)C2)C1. The van der Waals surface area contributed by atoms with E-state index in [4.69, 9.17) is 16.3 Å². The van der Waals surface area contributed by atoms with Crippen molar-refractivity contribution in [1.82, 2.24) is 20.0 Å². The van der Waals surface area contributed by atoms with E-state index in [9.17, 15) is 14.4 Å². The van der Waals surface area contributed by atoms with Crippen molar-refractivity contribution in [2.75, 3.05) is 32.8 Å². The molecule has 0 aromatic heterocycles. The maximum Gasteiger partial charge on any atom is 0.409 e. The second kappa shape index (κ2) is 15.2. The summed E-state index contributed by atoms with van der Waals surface area (Å²) in [5.41, 5.74) is 5.79. The van der Waals surface area contributed by atoms with Gasteiger partial charge in [-0.25, -0.2) is 4.79 Å². The molecule has 2 heterocycles. The lowest BCUT2D eigenvalue weighted by Gasteiger charge is -2.41. The Labute approximate surface area is 301 Å². The molecule has 1 saturated carbocycles. The Kier molecular flexibility index (Phi) is 10.5. The first kappa shape index (κ1) is 34.6. The van der Waals surface area contributed by atoms with Gasteiger partial charge in [0.25, 0.3) is 0 Å². The largest absolute Gasteiger partial charge is 0.448 e. The van der Waals surface area contributed by atoms with Crippen LogP contribution in [0, 0.1) is 5.92 Å². The van der Waals surface area contributed by atoms with Crippen LogP contribution >= 0.6 is 11.6 Å². The first-order valence-corrected chi connectivity index (χ1v) is 18.9. The van der Waals surface area contributed by atoms with Gasteiger partial charge in [-0.1, -0.05) is 105 Å². The summed E-state index contributed by atoms with van der Waals surface area (Å²) in [4.78, 5) is 46.7. The summed E-state index contributed by atoms with van der Waals surface area (Å²) in [5.74, 6) is 0.189. The summed E-state index contributed by atoms with van der Waals surface area (Å²) in [6.07, 6.45) is 6.62. The number of likely N-dealkylation sites (tertiary alicyclic amines) is 2. The average molecular weight is 697 g/mol. The summed E-state index contributed by atoms with van der Waals surface area (Å²) in [5, 5.41) is 4.25. The zero-order chi connectivity index (χ0) is 34.8. The van der Waals surface area contributed by atoms with Crippen LogP contribution in [-0.4, -0.2) is 89.6 Å². The molecule has 3 aromatic rings. The molecule has 4 aliphatic rings. The molecule has 50 heavy (non-hydrogen) atoms. The molecule has 3 aromatic carbocycles. The molecule has 0 spiro atoms. The quantitative estimate of drug-likeness (QED) is 0.250. The van der Waals surface area contributed by atoms with Crippen LogP contribution in [0.15, 0.2) is 72.8 Å². The third kappa shape index (κ3) is 7.28. The van der Waals surface area contributed by atoms with E-state index < -0.39 is 6.04 Å². The van der Waals surface area contributed by atoms with Crippen LogP contribution in [0.4, 0.5) is 4.79 Å². The molecule has 7 rings (SSSR count). The van der Waals surface area contributed by atoms with Gasteiger partial charge in [0.15, 0.2) is 0 Å². The Bertz CT molecular complexity index is 1640. The number of nitrogens with zero attached hydrogens (tertiary/aromatic N) is 3. The van der Waals surface area contributed by atoms with Crippen molar-refractivity contribution in [3.8, 4) is 11.1 Å². The Morgan fingerprint density at radius 2 is 1.46 bits per heavy atom. The average Bonchev–Trinajstić information content (AvgIpc) is 3.72. The van der Waals surface area contributed by atoms with Crippen LogP contribution in [0.25, 0.3) is 11.1 Å². The molecule has 0 unspecified atom stereocenters. The molecule has 2 saturated heterocycles. The Hall–Kier alpha value is -3.88. The van der Waals surface area contributed by atoms with Crippen LogP contribution in [0.1, 0.15) is 75.0 Å². The van der Waals surface area contributed by atoms with Crippen molar-refractivity contribution in [3.05, 3.63) is 94.5 Å². The van der Waals surface area contributed by atoms with Crippen molar-refractivity contribution < 1.29 is 19.1 Å². The smallest absolute Gasteiger partial charge is 0.409 e. The molecule has 3 fully saturated rings. The van der Waals surface area contributed by atoms with E-state index in [1.807, 2.05) is 67.3 Å². The number of rotatable bonds is 10. The van der Waals surface area contributed by atoms with E-state index in [-0.39, 0.29) is 54.5 Å². The zero-order valence-electron chi connectivity index (χ0n) is 29.2. The molecule has 8 nitrogen and oxygen atoms in total. The van der Waals surface area contributed by atoms with E-state index in [0.717, 1.165) is 37.7 Å². The molecule has 2 atom stereocenters. The number of fused-ring (bicyclic) bond motifs is 3. The van der Waals surface area contributed by atoms with Crippen molar-refractivity contribution in [1.29, 1.82) is 0 Å². The minimum absolute atomic E-state index is 0.0112. The number of hydrogen-bond donors (Lipinski definition) is 1. The summed E-state index contributed by atoms with van der Waals surface area (Å²) < 4.78 is 5.89. The van der Waals surface area contributed by atoms with Gasteiger partial charge in [-0.3, -0.25) is 14.9 Å². The number of ether oxygens (including phenoxy) is 1. The van der Waals surface area contributed by atoms with Gasteiger partial charge < -0.3 is 19.4 Å². The highest BCUT2D eigenvalue weighted by Gasteiger charge is 2.41. The molecule has 2 aliphatic carbocycles. The molecular formula is C41H49ClN4O4. The van der Waals surface area contributed by atoms with Gasteiger partial charge in [-0.05, 0) is 65.6 Å². The van der Waals surface area contributed by atoms with Gasteiger partial charge in [-0.15, -0.1) is 0 Å². The topological polar surface area (TPSA) is 82.2 Å². The lowest BCUT2D eigenvalue weighted by Crippen LogP contribution is -2.64. The fraction of sp³-hybridized carbons (Fsp3) is 0.488. The zero-order valence-corrected chi connectivity index (χ0v) is 30.0. The highest BCUT2D eigenvalue weighted by molar-refractivity contribution is 6.30.